The van der Waals surface area contributed by atoms with Crippen molar-refractivity contribution in [3.8, 4) is 0 Å². The number of alkyl halides is 1. The highest BCUT2D eigenvalue weighted by atomic mass is 79.9. The van der Waals surface area contributed by atoms with Crippen molar-refractivity contribution in [3.63, 3.8) is 0 Å². The van der Waals surface area contributed by atoms with Gasteiger partial charge in [0, 0.05) is 5.56 Å². The second-order valence-corrected chi connectivity index (χ2v) is 5.83. The first-order chi connectivity index (χ1) is 8.97. The second kappa shape index (κ2) is 6.02. The van der Waals surface area contributed by atoms with Crippen LogP contribution in [0.5, 0.6) is 0 Å². The van der Waals surface area contributed by atoms with Gasteiger partial charge >= 0.3 is 0 Å². The Morgan fingerprint density at radius 3 is 2.37 bits per heavy atom. The third-order valence-electron chi connectivity index (χ3n) is 2.91. The van der Waals surface area contributed by atoms with Crippen LogP contribution in [0.25, 0.3) is 0 Å². The Morgan fingerprint density at radius 2 is 1.74 bits per heavy atom. The van der Waals surface area contributed by atoms with Gasteiger partial charge in [0.25, 0.3) is 0 Å². The molecule has 1 unspecified atom stereocenters. The lowest BCUT2D eigenvalue weighted by Gasteiger charge is -2.12. The molecular formula is C15H12BrClF2. The zero-order chi connectivity index (χ0) is 14.0. The number of aryl methyl sites for hydroxylation is 1. The van der Waals surface area contributed by atoms with Gasteiger partial charge in [-0.2, -0.15) is 0 Å². The fourth-order valence-electron chi connectivity index (χ4n) is 1.82. The van der Waals surface area contributed by atoms with E-state index in [1.165, 1.54) is 0 Å². The van der Waals surface area contributed by atoms with Crippen LogP contribution in [0, 0.1) is 18.6 Å². The summed E-state index contributed by atoms with van der Waals surface area (Å²) in [5.74, 6) is -1.01. The molecule has 2 rings (SSSR count). The maximum absolute atomic E-state index is 13.8. The van der Waals surface area contributed by atoms with E-state index in [0.717, 1.165) is 23.3 Å². The Balaban J connectivity index is 2.22. The summed E-state index contributed by atoms with van der Waals surface area (Å²) in [5.41, 5.74) is 2.33. The molecule has 0 aliphatic heterocycles. The molecule has 0 spiro atoms. The molecule has 2 aromatic carbocycles. The highest BCUT2D eigenvalue weighted by molar-refractivity contribution is 9.10. The summed E-state index contributed by atoms with van der Waals surface area (Å²) in [6.07, 6.45) is 0.458. The van der Waals surface area contributed by atoms with Gasteiger partial charge in [-0.15, -0.1) is 11.6 Å². The zero-order valence-electron chi connectivity index (χ0n) is 10.3. The summed E-state index contributed by atoms with van der Waals surface area (Å²) in [6, 6.07) is 10.1. The normalized spacial score (nSPS) is 12.5. The maximum Gasteiger partial charge on any atom is 0.137 e. The molecule has 4 heteroatoms. The van der Waals surface area contributed by atoms with E-state index in [2.05, 4.69) is 15.9 Å². The predicted octanol–water partition coefficient (Wildman–Crippen LogP) is 5.56. The van der Waals surface area contributed by atoms with Crippen LogP contribution >= 0.6 is 27.5 Å². The summed E-state index contributed by atoms with van der Waals surface area (Å²) >= 11 is 9.13. The summed E-state index contributed by atoms with van der Waals surface area (Å²) in [6.45, 7) is 1.99. The van der Waals surface area contributed by atoms with Crippen LogP contribution < -0.4 is 0 Å². The molecule has 0 saturated carbocycles. The SMILES string of the molecule is Cc1ccc(CC(Cl)c2cc(F)c(Br)cc2F)cc1. The zero-order valence-corrected chi connectivity index (χ0v) is 12.6. The molecule has 0 N–H and O–H groups in total. The first kappa shape index (κ1) is 14.5. The molecule has 0 aliphatic rings. The van der Waals surface area contributed by atoms with Gasteiger partial charge in [0.15, 0.2) is 0 Å². The smallest absolute Gasteiger partial charge is 0.137 e. The van der Waals surface area contributed by atoms with Gasteiger partial charge in [0.1, 0.15) is 11.6 Å². The Bertz CT molecular complexity index is 581. The topological polar surface area (TPSA) is 0 Å². The molecule has 0 nitrogen and oxygen atoms in total. The summed E-state index contributed by atoms with van der Waals surface area (Å²) in [5, 5.41) is -0.592. The first-order valence-electron chi connectivity index (χ1n) is 5.81. The minimum atomic E-state index is -0.592. The van der Waals surface area contributed by atoms with Gasteiger partial charge in [0.2, 0.25) is 0 Å². The average molecular weight is 346 g/mol. The van der Waals surface area contributed by atoms with E-state index in [-0.39, 0.29) is 10.0 Å². The Kier molecular flexibility index (Phi) is 4.58. The second-order valence-electron chi connectivity index (χ2n) is 4.45. The van der Waals surface area contributed by atoms with E-state index in [1.54, 1.807) is 0 Å². The van der Waals surface area contributed by atoms with Gasteiger partial charge in [-0.05, 0) is 47.0 Å². The molecule has 0 aliphatic carbocycles. The fraction of sp³-hybridized carbons (Fsp3) is 0.200. The third kappa shape index (κ3) is 3.54. The van der Waals surface area contributed by atoms with Crippen molar-refractivity contribution in [2.75, 3.05) is 0 Å². The number of hydrogen-bond acceptors (Lipinski definition) is 0. The maximum atomic E-state index is 13.8. The lowest BCUT2D eigenvalue weighted by Crippen LogP contribution is -2.00. The third-order valence-corrected chi connectivity index (χ3v) is 3.91. The standard InChI is InChI=1S/C15H12BrClF2/c1-9-2-4-10(5-3-9)6-13(17)11-7-15(19)12(16)8-14(11)18/h2-5,7-8,13H,6H2,1H3. The quantitative estimate of drug-likeness (QED) is 0.505. The molecule has 0 fully saturated rings. The van der Waals surface area contributed by atoms with Crippen LogP contribution in [0.4, 0.5) is 8.78 Å². The molecule has 0 heterocycles. The number of benzene rings is 2. The van der Waals surface area contributed by atoms with Crippen molar-refractivity contribution in [2.45, 2.75) is 18.7 Å². The minimum absolute atomic E-state index is 0.105. The molecule has 2 aromatic rings. The molecule has 100 valence electrons. The Labute approximate surface area is 124 Å². The van der Waals surface area contributed by atoms with Crippen molar-refractivity contribution in [1.82, 2.24) is 0 Å². The molecular weight excluding hydrogens is 334 g/mol. The molecule has 19 heavy (non-hydrogen) atoms. The van der Waals surface area contributed by atoms with Crippen molar-refractivity contribution in [1.29, 1.82) is 0 Å². The van der Waals surface area contributed by atoms with Crippen LogP contribution in [0.3, 0.4) is 0 Å². The summed E-state index contributed by atoms with van der Waals surface area (Å²) in [4.78, 5) is 0. The van der Waals surface area contributed by atoms with Crippen molar-refractivity contribution in [3.05, 3.63) is 69.2 Å². The number of rotatable bonds is 3. The van der Waals surface area contributed by atoms with Crippen LogP contribution in [-0.4, -0.2) is 0 Å². The summed E-state index contributed by atoms with van der Waals surface area (Å²) in [7, 11) is 0. The minimum Gasteiger partial charge on any atom is -0.207 e. The predicted molar refractivity (Wildman–Crippen MR) is 77.5 cm³/mol. The highest BCUT2D eigenvalue weighted by Gasteiger charge is 2.16. The van der Waals surface area contributed by atoms with E-state index in [9.17, 15) is 8.78 Å². The Morgan fingerprint density at radius 1 is 1.11 bits per heavy atom. The molecule has 0 amide bonds. The fourth-order valence-corrected chi connectivity index (χ4v) is 2.48. The van der Waals surface area contributed by atoms with E-state index >= 15 is 0 Å². The van der Waals surface area contributed by atoms with E-state index in [4.69, 9.17) is 11.6 Å². The van der Waals surface area contributed by atoms with Crippen molar-refractivity contribution in [2.24, 2.45) is 0 Å². The van der Waals surface area contributed by atoms with Crippen LogP contribution in [0.15, 0.2) is 40.9 Å². The van der Waals surface area contributed by atoms with Gasteiger partial charge < -0.3 is 0 Å². The lowest BCUT2D eigenvalue weighted by atomic mass is 10.0. The van der Waals surface area contributed by atoms with Crippen molar-refractivity contribution >= 4 is 27.5 Å². The molecule has 0 aromatic heterocycles. The molecule has 0 radical (unpaired) electrons. The van der Waals surface area contributed by atoms with Gasteiger partial charge in [0.05, 0.1) is 9.85 Å². The van der Waals surface area contributed by atoms with Crippen LogP contribution in [-0.2, 0) is 6.42 Å². The number of halogens is 4. The molecule has 1 atom stereocenters. The van der Waals surface area contributed by atoms with Crippen molar-refractivity contribution < 1.29 is 8.78 Å². The van der Waals surface area contributed by atoms with Crippen LogP contribution in [0.1, 0.15) is 22.1 Å². The first-order valence-corrected chi connectivity index (χ1v) is 7.04. The van der Waals surface area contributed by atoms with Gasteiger partial charge in [-0.25, -0.2) is 8.78 Å². The van der Waals surface area contributed by atoms with Gasteiger partial charge in [-0.1, -0.05) is 29.8 Å². The molecule has 0 bridgehead atoms. The molecule has 0 saturated heterocycles. The van der Waals surface area contributed by atoms with Crippen LogP contribution in [0.2, 0.25) is 0 Å². The lowest BCUT2D eigenvalue weighted by molar-refractivity contribution is 0.577. The van der Waals surface area contributed by atoms with E-state index in [0.29, 0.717) is 6.42 Å². The average Bonchev–Trinajstić information content (AvgIpc) is 2.36. The number of hydrogen-bond donors (Lipinski definition) is 0. The largest absolute Gasteiger partial charge is 0.207 e. The highest BCUT2D eigenvalue weighted by Crippen LogP contribution is 2.30. The summed E-state index contributed by atoms with van der Waals surface area (Å²) < 4.78 is 27.3. The Hall–Kier alpha value is -0.930. The monoisotopic (exact) mass is 344 g/mol. The van der Waals surface area contributed by atoms with Gasteiger partial charge in [-0.3, -0.25) is 0 Å². The van der Waals surface area contributed by atoms with E-state index in [1.807, 2.05) is 31.2 Å². The van der Waals surface area contributed by atoms with E-state index < -0.39 is 17.0 Å².